The molecule has 2 nitrogen and oxygen atoms in total. The van der Waals surface area contributed by atoms with Gasteiger partial charge in [0, 0.05) is 15.1 Å². The number of halogens is 2. The number of benzene rings is 1. The van der Waals surface area contributed by atoms with Gasteiger partial charge in [-0.2, -0.15) is 0 Å². The second-order valence-corrected chi connectivity index (χ2v) is 4.43. The van der Waals surface area contributed by atoms with Crippen molar-refractivity contribution in [3.05, 3.63) is 33.3 Å². The Bertz CT molecular complexity index is 294. The van der Waals surface area contributed by atoms with Crippen LogP contribution in [-0.2, 0) is 5.54 Å². The second kappa shape index (κ2) is 3.96. The molecule has 0 bridgehead atoms. The van der Waals surface area contributed by atoms with Crippen molar-refractivity contribution >= 4 is 27.5 Å². The zero-order valence-corrected chi connectivity index (χ0v) is 9.56. The minimum atomic E-state index is -0.808. The Morgan fingerprint density at radius 2 is 2.23 bits per heavy atom. The number of aliphatic hydroxyl groups excluding tert-OH is 1. The van der Waals surface area contributed by atoms with E-state index >= 15 is 0 Å². The van der Waals surface area contributed by atoms with Gasteiger partial charge >= 0.3 is 0 Å². The smallest absolute Gasteiger partial charge is 0.0651 e. The summed E-state index contributed by atoms with van der Waals surface area (Å²) in [5.41, 5.74) is 5.80. The minimum Gasteiger partial charge on any atom is -0.394 e. The summed E-state index contributed by atoms with van der Waals surface area (Å²) in [7, 11) is 0. The van der Waals surface area contributed by atoms with Crippen LogP contribution in [0.3, 0.4) is 0 Å². The largest absolute Gasteiger partial charge is 0.394 e. The van der Waals surface area contributed by atoms with E-state index in [9.17, 15) is 0 Å². The van der Waals surface area contributed by atoms with Crippen LogP contribution in [-0.4, -0.2) is 11.7 Å². The third-order valence-corrected chi connectivity index (χ3v) is 2.84. The van der Waals surface area contributed by atoms with Crippen LogP contribution >= 0.6 is 27.5 Å². The fourth-order valence-electron chi connectivity index (χ4n) is 1.12. The molecule has 0 unspecified atom stereocenters. The van der Waals surface area contributed by atoms with E-state index in [0.29, 0.717) is 5.02 Å². The Balaban J connectivity index is 3.28. The summed E-state index contributed by atoms with van der Waals surface area (Å²) >= 11 is 9.32. The van der Waals surface area contributed by atoms with Crippen molar-refractivity contribution in [2.75, 3.05) is 6.61 Å². The van der Waals surface area contributed by atoms with Crippen LogP contribution in [0.25, 0.3) is 0 Å². The van der Waals surface area contributed by atoms with Gasteiger partial charge in [0.15, 0.2) is 0 Å². The van der Waals surface area contributed by atoms with Gasteiger partial charge in [0.25, 0.3) is 0 Å². The number of aliphatic hydroxyl groups is 1. The van der Waals surface area contributed by atoms with Crippen molar-refractivity contribution in [3.63, 3.8) is 0 Å². The van der Waals surface area contributed by atoms with Gasteiger partial charge in [-0.1, -0.05) is 33.6 Å². The molecule has 1 aromatic carbocycles. The predicted molar refractivity (Wildman–Crippen MR) is 57.8 cm³/mol. The molecule has 0 saturated heterocycles. The molecule has 0 heterocycles. The third-order valence-electron chi connectivity index (χ3n) is 1.86. The molecule has 3 N–H and O–H groups in total. The van der Waals surface area contributed by atoms with Crippen LogP contribution in [0, 0.1) is 0 Å². The molecule has 1 rings (SSSR count). The first-order valence-corrected chi connectivity index (χ1v) is 5.00. The molecule has 1 atom stereocenters. The second-order valence-electron chi connectivity index (χ2n) is 3.17. The van der Waals surface area contributed by atoms with E-state index in [-0.39, 0.29) is 6.61 Å². The van der Waals surface area contributed by atoms with Gasteiger partial charge in [-0.15, -0.1) is 0 Å². The standard InChI is InChI=1S/C9H11BrClNO/c1-9(12,5-13)8-6(10)3-2-4-7(8)11/h2-4,13H,5,12H2,1H3/t9-/m0/s1. The summed E-state index contributed by atoms with van der Waals surface area (Å²) in [5.74, 6) is 0. The van der Waals surface area contributed by atoms with Crippen LogP contribution in [0.2, 0.25) is 5.02 Å². The molecule has 0 amide bonds. The van der Waals surface area contributed by atoms with Gasteiger partial charge in [-0.3, -0.25) is 0 Å². The van der Waals surface area contributed by atoms with E-state index in [1.807, 2.05) is 12.1 Å². The molecule has 0 aliphatic heterocycles. The number of hydrogen-bond donors (Lipinski definition) is 2. The van der Waals surface area contributed by atoms with Crippen LogP contribution in [0.1, 0.15) is 12.5 Å². The highest BCUT2D eigenvalue weighted by molar-refractivity contribution is 9.10. The molecule has 4 heteroatoms. The van der Waals surface area contributed by atoms with Crippen LogP contribution in [0.4, 0.5) is 0 Å². The number of nitrogens with two attached hydrogens (primary N) is 1. The summed E-state index contributed by atoms with van der Waals surface area (Å²) in [6, 6.07) is 5.42. The first kappa shape index (κ1) is 11.0. The van der Waals surface area contributed by atoms with E-state index < -0.39 is 5.54 Å². The molecule has 0 radical (unpaired) electrons. The molecule has 72 valence electrons. The van der Waals surface area contributed by atoms with Gasteiger partial charge in [0.05, 0.1) is 12.1 Å². The van der Waals surface area contributed by atoms with E-state index in [2.05, 4.69) is 15.9 Å². The highest BCUT2D eigenvalue weighted by Gasteiger charge is 2.25. The molecular formula is C9H11BrClNO. The van der Waals surface area contributed by atoms with E-state index in [1.165, 1.54) is 0 Å². The molecule has 13 heavy (non-hydrogen) atoms. The molecular weight excluding hydrogens is 253 g/mol. The number of rotatable bonds is 2. The fraction of sp³-hybridized carbons (Fsp3) is 0.333. The molecule has 0 spiro atoms. The Labute approximate surface area is 90.8 Å². The molecule has 0 aliphatic carbocycles. The maximum atomic E-state index is 9.09. The lowest BCUT2D eigenvalue weighted by Gasteiger charge is -2.24. The van der Waals surface area contributed by atoms with Gasteiger partial charge < -0.3 is 10.8 Å². The zero-order chi connectivity index (χ0) is 10.1. The van der Waals surface area contributed by atoms with Gasteiger partial charge in [0.1, 0.15) is 0 Å². The Morgan fingerprint density at radius 3 is 2.69 bits per heavy atom. The van der Waals surface area contributed by atoms with E-state index in [0.717, 1.165) is 10.0 Å². The van der Waals surface area contributed by atoms with Crippen molar-refractivity contribution in [1.29, 1.82) is 0 Å². The first-order chi connectivity index (χ1) is 5.99. The SMILES string of the molecule is C[C@](N)(CO)c1c(Cl)cccc1Br. The third kappa shape index (κ3) is 2.23. The quantitative estimate of drug-likeness (QED) is 0.861. The van der Waals surface area contributed by atoms with Crippen molar-refractivity contribution in [3.8, 4) is 0 Å². The normalized spacial score (nSPS) is 15.5. The lowest BCUT2D eigenvalue weighted by Crippen LogP contribution is -2.37. The average Bonchev–Trinajstić information content (AvgIpc) is 2.03. The highest BCUT2D eigenvalue weighted by Crippen LogP contribution is 2.32. The summed E-state index contributed by atoms with van der Waals surface area (Å²) in [6.45, 7) is 1.59. The van der Waals surface area contributed by atoms with Gasteiger partial charge in [-0.25, -0.2) is 0 Å². The van der Waals surface area contributed by atoms with Crippen molar-refractivity contribution in [2.24, 2.45) is 5.73 Å². The van der Waals surface area contributed by atoms with Crippen LogP contribution in [0.15, 0.2) is 22.7 Å². The van der Waals surface area contributed by atoms with Crippen molar-refractivity contribution in [1.82, 2.24) is 0 Å². The monoisotopic (exact) mass is 263 g/mol. The average molecular weight is 265 g/mol. The maximum Gasteiger partial charge on any atom is 0.0651 e. The van der Waals surface area contributed by atoms with Crippen LogP contribution < -0.4 is 5.73 Å². The summed E-state index contributed by atoms with van der Waals surface area (Å²) in [4.78, 5) is 0. The fourth-order valence-corrected chi connectivity index (χ4v) is 2.45. The Kier molecular flexibility index (Phi) is 3.35. The van der Waals surface area contributed by atoms with E-state index in [1.54, 1.807) is 13.0 Å². The van der Waals surface area contributed by atoms with E-state index in [4.69, 9.17) is 22.4 Å². The summed E-state index contributed by atoms with van der Waals surface area (Å²) < 4.78 is 0.819. The molecule has 1 aromatic rings. The lowest BCUT2D eigenvalue weighted by molar-refractivity contribution is 0.209. The van der Waals surface area contributed by atoms with Gasteiger partial charge in [0.2, 0.25) is 0 Å². The highest BCUT2D eigenvalue weighted by atomic mass is 79.9. The first-order valence-electron chi connectivity index (χ1n) is 3.83. The minimum absolute atomic E-state index is 0.144. The van der Waals surface area contributed by atoms with Crippen LogP contribution in [0.5, 0.6) is 0 Å². The Morgan fingerprint density at radius 1 is 1.62 bits per heavy atom. The summed E-state index contributed by atoms with van der Waals surface area (Å²) in [6.07, 6.45) is 0. The number of hydrogen-bond acceptors (Lipinski definition) is 2. The van der Waals surface area contributed by atoms with Crippen molar-refractivity contribution < 1.29 is 5.11 Å². The van der Waals surface area contributed by atoms with Crippen molar-refractivity contribution in [2.45, 2.75) is 12.5 Å². The Hall–Kier alpha value is -0.0900. The topological polar surface area (TPSA) is 46.2 Å². The molecule has 0 fully saturated rings. The van der Waals surface area contributed by atoms with Gasteiger partial charge in [-0.05, 0) is 19.1 Å². The lowest BCUT2D eigenvalue weighted by atomic mass is 9.94. The molecule has 0 saturated carbocycles. The predicted octanol–water partition coefficient (Wildman–Crippen LogP) is 2.27. The summed E-state index contributed by atoms with van der Waals surface area (Å²) in [5, 5.41) is 9.66. The zero-order valence-electron chi connectivity index (χ0n) is 7.22. The maximum absolute atomic E-state index is 9.09. The molecule has 0 aliphatic rings. The molecule has 0 aromatic heterocycles.